The second kappa shape index (κ2) is 12.7. The molecule has 0 fully saturated rings. The van der Waals surface area contributed by atoms with Crippen LogP contribution >= 0.6 is 27.2 Å². The molecule has 0 aromatic heterocycles. The first-order chi connectivity index (χ1) is 4.72. The summed E-state index contributed by atoms with van der Waals surface area (Å²) in [5.74, 6) is -0.123. The molecule has 0 radical (unpaired) electrons. The van der Waals surface area contributed by atoms with Crippen molar-refractivity contribution >= 4 is 33.2 Å². The van der Waals surface area contributed by atoms with Gasteiger partial charge in [0.2, 0.25) is 0 Å². The molecular formula is C5H10Br2O2Zn. The molecule has 0 aliphatic rings. The molecule has 10 heavy (non-hydrogen) atoms. The van der Waals surface area contributed by atoms with E-state index in [9.17, 15) is 4.79 Å². The number of esters is 1. The van der Waals surface area contributed by atoms with E-state index in [0.717, 1.165) is 0 Å². The zero-order chi connectivity index (χ0) is 8.41. The maximum atomic E-state index is 10.2. The van der Waals surface area contributed by atoms with Gasteiger partial charge in [0.15, 0.2) is 0 Å². The third kappa shape index (κ3) is 16.0. The third-order valence-corrected chi connectivity index (χ3v) is 0.594. The number of halogens is 2. The summed E-state index contributed by atoms with van der Waals surface area (Å²) in [4.78, 5) is 10.2. The van der Waals surface area contributed by atoms with E-state index in [4.69, 9.17) is 0 Å². The van der Waals surface area contributed by atoms with Gasteiger partial charge in [-0.15, -0.1) is 0 Å². The first-order valence-electron chi connectivity index (χ1n) is 3.00. The first kappa shape index (κ1) is 13.6. The molecule has 58 valence electrons. The van der Waals surface area contributed by atoms with Crippen molar-refractivity contribution in [2.45, 2.75) is 20.3 Å². The molecule has 0 aromatic rings. The fraction of sp³-hybridized carbons (Fsp3) is 0.800. The van der Waals surface area contributed by atoms with Gasteiger partial charge in [-0.05, 0) is 6.92 Å². The molecule has 0 aliphatic carbocycles. The second-order valence-corrected chi connectivity index (χ2v) is 15.3. The standard InChI is InChI=1S/C5H10O2.2BrH.Zn/c1-3-5(6)7-4-2;;;/h3-4H2,1-2H3;2*1H;/q;;;+2/p-2. The van der Waals surface area contributed by atoms with Crippen molar-refractivity contribution in [3.8, 4) is 0 Å². The van der Waals surface area contributed by atoms with Crippen molar-refractivity contribution in [1.82, 2.24) is 0 Å². The Kier molecular flexibility index (Phi) is 17.3. The third-order valence-electron chi connectivity index (χ3n) is 0.594. The molecule has 0 saturated carbocycles. The van der Waals surface area contributed by atoms with E-state index >= 15 is 0 Å². The average Bonchev–Trinajstić information content (AvgIpc) is 1.90. The molecule has 0 spiro atoms. The Morgan fingerprint density at radius 2 is 1.90 bits per heavy atom. The van der Waals surface area contributed by atoms with E-state index in [2.05, 4.69) is 32.0 Å². The summed E-state index contributed by atoms with van der Waals surface area (Å²) in [6, 6.07) is 0. The number of rotatable bonds is 2. The molecule has 0 N–H and O–H groups in total. The first-order valence-corrected chi connectivity index (χ1v) is 16.9. The van der Waals surface area contributed by atoms with Gasteiger partial charge in [0, 0.05) is 6.42 Å². The summed E-state index contributed by atoms with van der Waals surface area (Å²) in [5.41, 5.74) is 0. The van der Waals surface area contributed by atoms with Gasteiger partial charge in [-0.1, -0.05) is 6.92 Å². The minimum absolute atomic E-state index is 0.123. The molecule has 0 rings (SSSR count). The number of carbonyl (C=O) groups excluding carboxylic acids is 1. The molecule has 0 amide bonds. The zero-order valence-corrected chi connectivity index (χ0v) is 12.3. The molecule has 0 saturated heterocycles. The van der Waals surface area contributed by atoms with Gasteiger partial charge in [0.25, 0.3) is 0 Å². The van der Waals surface area contributed by atoms with Crippen molar-refractivity contribution in [1.29, 1.82) is 0 Å². The van der Waals surface area contributed by atoms with Crippen LogP contribution in [0.25, 0.3) is 0 Å². The van der Waals surface area contributed by atoms with E-state index in [-0.39, 0.29) is 19.2 Å². The minimum atomic E-state index is -0.250. The molecule has 0 atom stereocenters. The molecule has 0 aromatic carbocycles. The zero-order valence-electron chi connectivity index (χ0n) is 6.19. The van der Waals surface area contributed by atoms with Crippen molar-refractivity contribution in [3.05, 3.63) is 0 Å². The van der Waals surface area contributed by atoms with Crippen LogP contribution in [0.3, 0.4) is 0 Å². The van der Waals surface area contributed by atoms with Crippen molar-refractivity contribution in [2.75, 3.05) is 6.61 Å². The van der Waals surface area contributed by atoms with E-state index in [1.165, 1.54) is 0 Å². The Labute approximate surface area is 82.4 Å². The average molecular weight is 327 g/mol. The Bertz CT molecular complexity index is 80.0. The summed E-state index contributed by atoms with van der Waals surface area (Å²) in [6.45, 7) is 4.07. The summed E-state index contributed by atoms with van der Waals surface area (Å²) < 4.78 is 4.55. The van der Waals surface area contributed by atoms with Crippen LogP contribution in [0.5, 0.6) is 0 Å². The SMILES string of the molecule is CCOC(=O)CC.[Br][Zn][Br]. The van der Waals surface area contributed by atoms with Crippen LogP contribution in [0.4, 0.5) is 0 Å². The van der Waals surface area contributed by atoms with Crippen LogP contribution in [0, 0.1) is 0 Å². The summed E-state index contributed by atoms with van der Waals surface area (Å²) in [6.07, 6.45) is 0.480. The molecule has 0 heterocycles. The number of ether oxygens (including phenoxy) is 1. The predicted molar refractivity (Wildman–Crippen MR) is 44.8 cm³/mol. The summed E-state index contributed by atoms with van der Waals surface area (Å²) in [7, 11) is 0. The van der Waals surface area contributed by atoms with Crippen LogP contribution in [0.1, 0.15) is 20.3 Å². The van der Waals surface area contributed by atoms with E-state index in [0.29, 0.717) is 13.0 Å². The van der Waals surface area contributed by atoms with Crippen LogP contribution in [-0.4, -0.2) is 12.6 Å². The van der Waals surface area contributed by atoms with E-state index in [1.807, 2.05) is 0 Å². The van der Waals surface area contributed by atoms with Gasteiger partial charge in [0.05, 0.1) is 6.61 Å². The number of carbonyl (C=O) groups is 1. The Morgan fingerprint density at radius 1 is 1.50 bits per heavy atom. The second-order valence-electron chi connectivity index (χ2n) is 1.26. The summed E-state index contributed by atoms with van der Waals surface area (Å²) in [5, 5.41) is 0. The molecule has 0 aliphatic heterocycles. The normalized spacial score (nSPS) is 6.80. The van der Waals surface area contributed by atoms with Crippen molar-refractivity contribution < 1.29 is 22.7 Å². The van der Waals surface area contributed by atoms with Crippen LogP contribution in [0.15, 0.2) is 0 Å². The molecule has 5 heteroatoms. The van der Waals surface area contributed by atoms with Gasteiger partial charge < -0.3 is 4.74 Å². The van der Waals surface area contributed by atoms with Gasteiger partial charge in [-0.2, -0.15) is 0 Å². The van der Waals surface area contributed by atoms with Crippen LogP contribution < -0.4 is 0 Å². The Hall–Kier alpha value is 1.05. The van der Waals surface area contributed by atoms with Gasteiger partial charge in [0.1, 0.15) is 0 Å². The van der Waals surface area contributed by atoms with Crippen LogP contribution in [-0.2, 0) is 22.7 Å². The van der Waals surface area contributed by atoms with Crippen molar-refractivity contribution in [2.24, 2.45) is 0 Å². The molecular weight excluding hydrogens is 317 g/mol. The molecule has 2 nitrogen and oxygen atoms in total. The Morgan fingerprint density at radius 3 is 2.00 bits per heavy atom. The Balaban J connectivity index is 0. The fourth-order valence-electron chi connectivity index (χ4n) is 0.263. The number of hydrogen-bond acceptors (Lipinski definition) is 2. The quantitative estimate of drug-likeness (QED) is 0.576. The molecule has 0 unspecified atom stereocenters. The summed E-state index contributed by atoms with van der Waals surface area (Å²) >= 11 is 6.25. The van der Waals surface area contributed by atoms with E-state index < -0.39 is 0 Å². The van der Waals surface area contributed by atoms with Crippen molar-refractivity contribution in [3.63, 3.8) is 0 Å². The van der Waals surface area contributed by atoms with Crippen LogP contribution in [0.2, 0.25) is 0 Å². The maximum absolute atomic E-state index is 10.2. The monoisotopic (exact) mass is 324 g/mol. The number of hydrogen-bond donors (Lipinski definition) is 0. The van der Waals surface area contributed by atoms with E-state index in [1.54, 1.807) is 13.8 Å². The fourth-order valence-corrected chi connectivity index (χ4v) is 0.263. The van der Waals surface area contributed by atoms with Gasteiger partial charge in [-0.25, -0.2) is 0 Å². The molecule has 0 bridgehead atoms. The topological polar surface area (TPSA) is 26.3 Å². The van der Waals surface area contributed by atoms with Gasteiger partial charge in [-0.3, -0.25) is 4.79 Å². The van der Waals surface area contributed by atoms with Gasteiger partial charge >= 0.3 is 46.4 Å². The predicted octanol–water partition coefficient (Wildman–Crippen LogP) is 2.65.